The monoisotopic (exact) mass is 473 g/mol. The molecule has 0 atom stereocenters. The van der Waals surface area contributed by atoms with Crippen LogP contribution < -0.4 is 10.9 Å². The Morgan fingerprint density at radius 1 is 1.33 bits per heavy atom. The van der Waals surface area contributed by atoms with E-state index in [1.54, 1.807) is 0 Å². The molecule has 0 spiro atoms. The van der Waals surface area contributed by atoms with Gasteiger partial charge < -0.3 is 10.3 Å². The third kappa shape index (κ3) is 4.35. The van der Waals surface area contributed by atoms with Gasteiger partial charge in [0.25, 0.3) is 5.56 Å². The zero-order chi connectivity index (χ0) is 21.5. The van der Waals surface area contributed by atoms with Crippen molar-refractivity contribution in [3.63, 3.8) is 0 Å². The van der Waals surface area contributed by atoms with Gasteiger partial charge in [0.15, 0.2) is 0 Å². The first kappa shape index (κ1) is 21.2. The average Bonchev–Trinajstić information content (AvgIpc) is 3.23. The fraction of sp³-hybridized carbons (Fsp3) is 0.316. The van der Waals surface area contributed by atoms with Gasteiger partial charge in [0.1, 0.15) is 10.7 Å². The van der Waals surface area contributed by atoms with Crippen LogP contribution in [0.4, 0.5) is 18.9 Å². The van der Waals surface area contributed by atoms with Crippen molar-refractivity contribution < 1.29 is 18.0 Å². The number of thiophene rings is 1. The number of H-pyrrole nitrogens is 1. The van der Waals surface area contributed by atoms with Gasteiger partial charge in [-0.15, -0.1) is 23.1 Å². The Kier molecular flexibility index (Phi) is 5.82. The van der Waals surface area contributed by atoms with E-state index in [9.17, 15) is 22.8 Å². The van der Waals surface area contributed by atoms with E-state index in [4.69, 9.17) is 11.6 Å². The van der Waals surface area contributed by atoms with E-state index in [1.165, 1.54) is 34.0 Å². The number of fused-ring (bicyclic) bond motifs is 3. The molecule has 2 aromatic heterocycles. The number of thioether (sulfide) groups is 1. The highest BCUT2D eigenvalue weighted by molar-refractivity contribution is 7.99. The lowest BCUT2D eigenvalue weighted by molar-refractivity contribution is -0.137. The number of aromatic amines is 1. The van der Waals surface area contributed by atoms with Crippen LogP contribution >= 0.6 is 34.7 Å². The molecule has 0 radical (unpaired) electrons. The predicted molar refractivity (Wildman–Crippen MR) is 114 cm³/mol. The second-order valence-electron chi connectivity index (χ2n) is 6.78. The Morgan fingerprint density at radius 2 is 2.13 bits per heavy atom. The van der Waals surface area contributed by atoms with Crippen LogP contribution in [0, 0.1) is 0 Å². The number of nitrogens with zero attached hydrogens (tertiary/aromatic N) is 1. The van der Waals surface area contributed by atoms with Gasteiger partial charge in [-0.25, -0.2) is 4.98 Å². The topological polar surface area (TPSA) is 74.8 Å². The van der Waals surface area contributed by atoms with Crippen molar-refractivity contribution in [1.29, 1.82) is 0 Å². The molecule has 0 saturated heterocycles. The number of aryl methyl sites for hydroxylation is 2. The molecule has 3 aromatic rings. The number of halogens is 4. The molecule has 0 bridgehead atoms. The van der Waals surface area contributed by atoms with E-state index < -0.39 is 22.7 Å². The molecule has 5 nitrogen and oxygen atoms in total. The number of alkyl halides is 3. The predicted octanol–water partition coefficient (Wildman–Crippen LogP) is 5.02. The number of nitrogens with one attached hydrogen (secondary N) is 2. The maximum Gasteiger partial charge on any atom is 0.417 e. The normalized spacial score (nSPS) is 13.6. The second-order valence-corrected chi connectivity index (χ2v) is 9.26. The molecule has 4 rings (SSSR count). The fourth-order valence-corrected chi connectivity index (χ4v) is 5.57. The Bertz CT molecular complexity index is 1190. The SMILES string of the molecule is O=C(CSCc1nc2sc3c(c2c(=O)[nH]1)CCC3)Nc1ccc(Cl)c(C(F)(F)F)c1. The Labute approximate surface area is 182 Å². The van der Waals surface area contributed by atoms with Gasteiger partial charge in [-0.3, -0.25) is 9.59 Å². The molecule has 1 aliphatic rings. The number of hydrogen-bond acceptors (Lipinski definition) is 5. The minimum absolute atomic E-state index is 0.00728. The van der Waals surface area contributed by atoms with Crippen LogP contribution in [-0.4, -0.2) is 21.6 Å². The van der Waals surface area contributed by atoms with E-state index in [-0.39, 0.29) is 17.0 Å². The summed E-state index contributed by atoms with van der Waals surface area (Å²) in [4.78, 5) is 33.7. The molecule has 0 unspecified atom stereocenters. The van der Waals surface area contributed by atoms with Crippen LogP contribution in [-0.2, 0) is 29.6 Å². The molecule has 2 N–H and O–H groups in total. The minimum atomic E-state index is -4.61. The van der Waals surface area contributed by atoms with Crippen LogP contribution in [0.3, 0.4) is 0 Å². The number of rotatable bonds is 5. The summed E-state index contributed by atoms with van der Waals surface area (Å²) in [6.07, 6.45) is -1.68. The largest absolute Gasteiger partial charge is 0.417 e. The van der Waals surface area contributed by atoms with Crippen molar-refractivity contribution in [3.05, 3.63) is 55.4 Å². The summed E-state index contributed by atoms with van der Waals surface area (Å²) in [6.45, 7) is 0. The first-order valence-corrected chi connectivity index (χ1v) is 11.3. The molecule has 2 heterocycles. The van der Waals surface area contributed by atoms with Gasteiger partial charge in [-0.2, -0.15) is 13.2 Å². The molecule has 1 aliphatic carbocycles. The third-order valence-electron chi connectivity index (χ3n) is 4.65. The number of amides is 1. The molecule has 0 fully saturated rings. The van der Waals surface area contributed by atoms with Crippen LogP contribution in [0.25, 0.3) is 10.2 Å². The van der Waals surface area contributed by atoms with E-state index in [0.717, 1.165) is 37.0 Å². The zero-order valence-corrected chi connectivity index (χ0v) is 17.7. The average molecular weight is 474 g/mol. The lowest BCUT2D eigenvalue weighted by atomic mass is 10.2. The minimum Gasteiger partial charge on any atom is -0.325 e. The third-order valence-corrected chi connectivity index (χ3v) is 7.11. The maximum atomic E-state index is 12.9. The first-order chi connectivity index (χ1) is 14.2. The number of carbonyl (C=O) groups is 1. The van der Waals surface area contributed by atoms with Crippen molar-refractivity contribution >= 4 is 56.5 Å². The molecule has 0 aliphatic heterocycles. The van der Waals surface area contributed by atoms with Gasteiger partial charge >= 0.3 is 6.18 Å². The zero-order valence-electron chi connectivity index (χ0n) is 15.4. The van der Waals surface area contributed by atoms with Crippen molar-refractivity contribution in [2.75, 3.05) is 11.1 Å². The molecule has 1 amide bonds. The summed E-state index contributed by atoms with van der Waals surface area (Å²) in [6, 6.07) is 3.20. The van der Waals surface area contributed by atoms with Gasteiger partial charge in [0, 0.05) is 10.6 Å². The standard InChI is InChI=1S/C19H15ClF3N3O2S2/c20-12-5-4-9(6-11(12)19(21,22)23)24-15(27)8-29-7-14-25-17(28)16-10-2-1-3-13(10)30-18(16)26-14/h4-6H,1-3,7-8H2,(H,24,27)(H,25,26,28). The Balaban J connectivity index is 1.38. The molecule has 30 heavy (non-hydrogen) atoms. The molecular weight excluding hydrogens is 459 g/mol. The Morgan fingerprint density at radius 3 is 2.90 bits per heavy atom. The number of carbonyl (C=O) groups excluding carboxylic acids is 1. The summed E-state index contributed by atoms with van der Waals surface area (Å²) < 4.78 is 38.7. The lowest BCUT2D eigenvalue weighted by Gasteiger charge is -2.11. The highest BCUT2D eigenvalue weighted by Crippen LogP contribution is 2.36. The van der Waals surface area contributed by atoms with Gasteiger partial charge in [0.05, 0.1) is 27.5 Å². The highest BCUT2D eigenvalue weighted by atomic mass is 35.5. The van der Waals surface area contributed by atoms with Crippen molar-refractivity contribution in [3.8, 4) is 0 Å². The molecule has 1 aromatic carbocycles. The van der Waals surface area contributed by atoms with E-state index in [1.807, 2.05) is 0 Å². The summed E-state index contributed by atoms with van der Waals surface area (Å²) in [5.74, 6) is 0.299. The van der Waals surface area contributed by atoms with Crippen molar-refractivity contribution in [1.82, 2.24) is 9.97 Å². The quantitative estimate of drug-likeness (QED) is 0.545. The molecule has 158 valence electrons. The fourth-order valence-electron chi connectivity index (χ4n) is 3.37. The lowest BCUT2D eigenvalue weighted by Crippen LogP contribution is -2.16. The van der Waals surface area contributed by atoms with Crippen LogP contribution in [0.15, 0.2) is 23.0 Å². The molecule has 0 saturated carbocycles. The summed E-state index contributed by atoms with van der Waals surface area (Å²) >= 11 is 8.32. The molecular formula is C19H15ClF3N3O2S2. The van der Waals surface area contributed by atoms with Gasteiger partial charge in [-0.05, 0) is 43.0 Å². The van der Waals surface area contributed by atoms with E-state index in [0.29, 0.717) is 21.8 Å². The summed E-state index contributed by atoms with van der Waals surface area (Å²) in [5, 5.41) is 2.66. The Hall–Kier alpha value is -2.04. The van der Waals surface area contributed by atoms with E-state index >= 15 is 0 Å². The van der Waals surface area contributed by atoms with Crippen molar-refractivity contribution in [2.45, 2.75) is 31.2 Å². The smallest absolute Gasteiger partial charge is 0.325 e. The molecule has 11 heteroatoms. The number of hydrogen-bond donors (Lipinski definition) is 2. The van der Waals surface area contributed by atoms with Crippen LogP contribution in [0.1, 0.15) is 28.2 Å². The maximum absolute atomic E-state index is 12.9. The van der Waals surface area contributed by atoms with Gasteiger partial charge in [-0.1, -0.05) is 11.6 Å². The number of anilines is 1. The summed E-state index contributed by atoms with van der Waals surface area (Å²) in [7, 11) is 0. The van der Waals surface area contributed by atoms with Crippen molar-refractivity contribution in [2.24, 2.45) is 0 Å². The second kappa shape index (κ2) is 8.24. The summed E-state index contributed by atoms with van der Waals surface area (Å²) in [5.41, 5.74) is -0.0604. The van der Waals surface area contributed by atoms with Crippen LogP contribution in [0.5, 0.6) is 0 Å². The van der Waals surface area contributed by atoms with E-state index in [2.05, 4.69) is 15.3 Å². The van der Waals surface area contributed by atoms with Crippen LogP contribution in [0.2, 0.25) is 5.02 Å². The highest BCUT2D eigenvalue weighted by Gasteiger charge is 2.33. The first-order valence-electron chi connectivity index (χ1n) is 9.00. The number of benzene rings is 1. The number of aromatic nitrogens is 2. The van der Waals surface area contributed by atoms with Gasteiger partial charge in [0.2, 0.25) is 5.91 Å².